The molecule has 0 N–H and O–H groups in total. The number of aliphatic imine (C=N–C) groups is 1. The van der Waals surface area contributed by atoms with Crippen molar-refractivity contribution in [1.82, 2.24) is 0 Å². The maximum absolute atomic E-state index is 12.4. The van der Waals surface area contributed by atoms with Crippen LogP contribution in [0.4, 0.5) is 0 Å². The maximum atomic E-state index is 12.4. The van der Waals surface area contributed by atoms with E-state index >= 15 is 0 Å². The fourth-order valence-electron chi connectivity index (χ4n) is 2.96. The molecule has 29 heavy (non-hydrogen) atoms. The smallest absolute Gasteiger partial charge is 0.363 e. The van der Waals surface area contributed by atoms with Gasteiger partial charge in [-0.3, -0.25) is 0 Å². The Labute approximate surface area is 172 Å². The second-order valence-corrected chi connectivity index (χ2v) is 7.73. The second-order valence-electron chi connectivity index (χ2n) is 7.73. The molecular formula is C24H27NO4. The van der Waals surface area contributed by atoms with Gasteiger partial charge in [0, 0.05) is 17.2 Å². The lowest BCUT2D eigenvalue weighted by molar-refractivity contribution is -0.129. The molecule has 2 aromatic carbocycles. The molecule has 5 nitrogen and oxygen atoms in total. The summed E-state index contributed by atoms with van der Waals surface area (Å²) in [5.74, 6) is 1.19. The Morgan fingerprint density at radius 2 is 1.69 bits per heavy atom. The number of rotatable bonds is 6. The number of nitrogens with zero attached hydrogens (tertiary/aromatic N) is 1. The number of benzene rings is 2. The lowest BCUT2D eigenvalue weighted by atomic mass is 9.87. The van der Waals surface area contributed by atoms with Crippen LogP contribution < -0.4 is 9.47 Å². The van der Waals surface area contributed by atoms with Crippen LogP contribution in [-0.4, -0.2) is 25.1 Å². The van der Waals surface area contributed by atoms with E-state index in [0.29, 0.717) is 24.9 Å². The average molecular weight is 393 g/mol. The predicted molar refractivity (Wildman–Crippen MR) is 115 cm³/mol. The number of ether oxygens (including phenoxy) is 3. The van der Waals surface area contributed by atoms with Crippen LogP contribution in [-0.2, 0) is 14.9 Å². The van der Waals surface area contributed by atoms with Crippen LogP contribution in [0.1, 0.15) is 51.3 Å². The summed E-state index contributed by atoms with van der Waals surface area (Å²) in [4.78, 5) is 16.8. The second kappa shape index (κ2) is 8.52. The number of hydrogen-bond acceptors (Lipinski definition) is 5. The summed E-state index contributed by atoms with van der Waals surface area (Å²) in [5.41, 5.74) is 3.02. The normalized spacial score (nSPS) is 15.3. The van der Waals surface area contributed by atoms with E-state index in [1.54, 1.807) is 6.08 Å². The SMILES string of the molecule is CCOc1ccc(C=C2N=C(c3ccc(C(C)(C)C)cc3)OC2=O)c(OCC)c1. The molecule has 0 radical (unpaired) electrons. The summed E-state index contributed by atoms with van der Waals surface area (Å²) in [5, 5.41) is 0. The van der Waals surface area contributed by atoms with Crippen LogP contribution in [0.2, 0.25) is 0 Å². The van der Waals surface area contributed by atoms with Gasteiger partial charge in [0.2, 0.25) is 5.90 Å². The van der Waals surface area contributed by atoms with Crippen molar-refractivity contribution in [2.24, 2.45) is 4.99 Å². The van der Waals surface area contributed by atoms with Crippen molar-refractivity contribution in [2.75, 3.05) is 13.2 Å². The zero-order valence-electron chi connectivity index (χ0n) is 17.6. The number of carbonyl (C=O) groups excluding carboxylic acids is 1. The Hall–Kier alpha value is -3.08. The van der Waals surface area contributed by atoms with Crippen LogP contribution in [0.3, 0.4) is 0 Å². The van der Waals surface area contributed by atoms with E-state index in [4.69, 9.17) is 14.2 Å². The van der Waals surface area contributed by atoms with Gasteiger partial charge in [-0.15, -0.1) is 0 Å². The highest BCUT2D eigenvalue weighted by molar-refractivity contribution is 6.13. The largest absolute Gasteiger partial charge is 0.494 e. The Morgan fingerprint density at radius 1 is 1.00 bits per heavy atom. The van der Waals surface area contributed by atoms with E-state index in [0.717, 1.165) is 16.9 Å². The Morgan fingerprint density at radius 3 is 2.31 bits per heavy atom. The molecule has 0 unspecified atom stereocenters. The Bertz CT molecular complexity index is 950. The first-order valence-electron chi connectivity index (χ1n) is 9.85. The number of cyclic esters (lactones) is 1. The Balaban J connectivity index is 1.90. The molecule has 0 amide bonds. The highest BCUT2D eigenvalue weighted by Crippen LogP contribution is 2.29. The quantitative estimate of drug-likeness (QED) is 0.504. The fourth-order valence-corrected chi connectivity index (χ4v) is 2.96. The number of esters is 1. The van der Waals surface area contributed by atoms with Crippen molar-refractivity contribution in [2.45, 2.75) is 40.0 Å². The summed E-state index contributed by atoms with van der Waals surface area (Å²) in [7, 11) is 0. The standard InChI is InChI=1S/C24H27NO4/c1-6-27-19-13-10-17(21(15-19)28-7-2)14-20-23(26)29-22(25-20)16-8-11-18(12-9-16)24(3,4)5/h8-15H,6-7H2,1-5H3. The molecular weight excluding hydrogens is 366 g/mol. The van der Waals surface area contributed by atoms with Gasteiger partial charge in [-0.2, -0.15) is 0 Å². The summed E-state index contributed by atoms with van der Waals surface area (Å²) >= 11 is 0. The molecule has 1 aliphatic heterocycles. The molecule has 1 aliphatic rings. The van der Waals surface area contributed by atoms with Crippen molar-refractivity contribution >= 4 is 17.9 Å². The zero-order chi connectivity index (χ0) is 21.0. The fraction of sp³-hybridized carbons (Fsp3) is 0.333. The zero-order valence-corrected chi connectivity index (χ0v) is 17.6. The minimum absolute atomic E-state index is 0.0566. The summed E-state index contributed by atoms with van der Waals surface area (Å²) < 4.78 is 16.6. The summed E-state index contributed by atoms with van der Waals surface area (Å²) in [6, 6.07) is 13.4. The molecule has 0 saturated carbocycles. The lowest BCUT2D eigenvalue weighted by Crippen LogP contribution is -2.11. The molecule has 5 heteroatoms. The van der Waals surface area contributed by atoms with Gasteiger partial charge in [0.05, 0.1) is 13.2 Å². The first-order chi connectivity index (χ1) is 13.8. The van der Waals surface area contributed by atoms with Crippen LogP contribution in [0.15, 0.2) is 53.2 Å². The maximum Gasteiger partial charge on any atom is 0.363 e. The van der Waals surface area contributed by atoms with Crippen LogP contribution in [0.5, 0.6) is 11.5 Å². The summed E-state index contributed by atoms with van der Waals surface area (Å²) in [6.45, 7) is 11.4. The monoisotopic (exact) mass is 393 g/mol. The van der Waals surface area contributed by atoms with E-state index < -0.39 is 5.97 Å². The van der Waals surface area contributed by atoms with Gasteiger partial charge in [0.25, 0.3) is 0 Å². The lowest BCUT2D eigenvalue weighted by Gasteiger charge is -2.18. The van der Waals surface area contributed by atoms with Gasteiger partial charge in [-0.05, 0) is 55.2 Å². The van der Waals surface area contributed by atoms with E-state index in [-0.39, 0.29) is 11.1 Å². The minimum atomic E-state index is -0.476. The molecule has 0 aliphatic carbocycles. The van der Waals surface area contributed by atoms with E-state index in [1.807, 2.05) is 56.3 Å². The highest BCUT2D eigenvalue weighted by atomic mass is 16.6. The molecule has 0 fully saturated rings. The van der Waals surface area contributed by atoms with Gasteiger partial charge < -0.3 is 14.2 Å². The van der Waals surface area contributed by atoms with Crippen molar-refractivity contribution in [3.63, 3.8) is 0 Å². The molecule has 0 spiro atoms. The molecule has 152 valence electrons. The minimum Gasteiger partial charge on any atom is -0.494 e. The summed E-state index contributed by atoms with van der Waals surface area (Å²) in [6.07, 6.45) is 1.68. The van der Waals surface area contributed by atoms with Gasteiger partial charge in [0.1, 0.15) is 11.5 Å². The molecule has 0 aromatic heterocycles. The first-order valence-corrected chi connectivity index (χ1v) is 9.85. The van der Waals surface area contributed by atoms with Crippen molar-refractivity contribution in [3.05, 3.63) is 64.9 Å². The van der Waals surface area contributed by atoms with E-state index in [9.17, 15) is 4.79 Å². The average Bonchev–Trinajstić information content (AvgIpc) is 3.04. The molecule has 0 atom stereocenters. The predicted octanol–water partition coefficient (Wildman–Crippen LogP) is 5.13. The molecule has 2 aromatic rings. The molecule has 0 saturated heterocycles. The van der Waals surface area contributed by atoms with Gasteiger partial charge in [-0.25, -0.2) is 9.79 Å². The third-order valence-corrected chi connectivity index (χ3v) is 4.51. The third kappa shape index (κ3) is 4.86. The first kappa shape index (κ1) is 20.6. The number of hydrogen-bond donors (Lipinski definition) is 0. The van der Waals surface area contributed by atoms with Crippen molar-refractivity contribution in [3.8, 4) is 11.5 Å². The third-order valence-electron chi connectivity index (χ3n) is 4.51. The van der Waals surface area contributed by atoms with Gasteiger partial charge in [0.15, 0.2) is 5.70 Å². The van der Waals surface area contributed by atoms with E-state index in [1.165, 1.54) is 5.56 Å². The van der Waals surface area contributed by atoms with Crippen LogP contribution in [0, 0.1) is 0 Å². The molecule has 3 rings (SSSR count). The molecule has 1 heterocycles. The van der Waals surface area contributed by atoms with Crippen molar-refractivity contribution < 1.29 is 19.0 Å². The van der Waals surface area contributed by atoms with Crippen LogP contribution in [0.25, 0.3) is 6.08 Å². The van der Waals surface area contributed by atoms with Gasteiger partial charge in [-0.1, -0.05) is 32.9 Å². The topological polar surface area (TPSA) is 57.1 Å². The highest BCUT2D eigenvalue weighted by Gasteiger charge is 2.25. The molecule has 0 bridgehead atoms. The Kier molecular flexibility index (Phi) is 6.06. The van der Waals surface area contributed by atoms with E-state index in [2.05, 4.69) is 25.8 Å². The number of carbonyl (C=O) groups is 1. The van der Waals surface area contributed by atoms with Gasteiger partial charge >= 0.3 is 5.97 Å². The van der Waals surface area contributed by atoms with Crippen molar-refractivity contribution in [1.29, 1.82) is 0 Å². The van der Waals surface area contributed by atoms with Crippen LogP contribution >= 0.6 is 0 Å².